The van der Waals surface area contributed by atoms with Crippen LogP contribution in [0.3, 0.4) is 0 Å². The van der Waals surface area contributed by atoms with Crippen LogP contribution >= 0.6 is 22.6 Å². The molecule has 0 aliphatic rings. The minimum absolute atomic E-state index is 1.05. The van der Waals surface area contributed by atoms with E-state index >= 15 is 0 Å². The third-order valence-corrected chi connectivity index (χ3v) is 2.66. The average molecular weight is 261 g/mol. The lowest BCUT2D eigenvalue weighted by Gasteiger charge is -2.11. The zero-order valence-corrected chi connectivity index (χ0v) is 8.78. The first-order valence-electron chi connectivity index (χ1n) is 3.61. The van der Waals surface area contributed by atoms with E-state index in [9.17, 15) is 0 Å². The van der Waals surface area contributed by atoms with Crippen molar-refractivity contribution in [2.45, 2.75) is 6.54 Å². The summed E-state index contributed by atoms with van der Waals surface area (Å²) in [4.78, 5) is 2.27. The summed E-state index contributed by atoms with van der Waals surface area (Å²) >= 11 is 2.37. The van der Waals surface area contributed by atoms with Gasteiger partial charge in [0.25, 0.3) is 0 Å². The molecule has 0 aromatic heterocycles. The highest BCUT2D eigenvalue weighted by molar-refractivity contribution is 14.1. The largest absolute Gasteiger partial charge is 0.293 e. The number of hydrogen-bond acceptors (Lipinski definition) is 1. The SMILES string of the molecule is CN(CI)Cc1ccccc1. The summed E-state index contributed by atoms with van der Waals surface area (Å²) < 4.78 is 1.08. The molecular weight excluding hydrogens is 249 g/mol. The fourth-order valence-electron chi connectivity index (χ4n) is 0.937. The van der Waals surface area contributed by atoms with Crippen molar-refractivity contribution in [3.63, 3.8) is 0 Å². The molecule has 0 atom stereocenters. The van der Waals surface area contributed by atoms with E-state index in [1.165, 1.54) is 5.56 Å². The maximum atomic E-state index is 2.37. The van der Waals surface area contributed by atoms with Crippen molar-refractivity contribution in [2.24, 2.45) is 0 Å². The molecule has 2 heteroatoms. The molecule has 11 heavy (non-hydrogen) atoms. The zero-order valence-electron chi connectivity index (χ0n) is 6.63. The quantitative estimate of drug-likeness (QED) is 0.459. The van der Waals surface area contributed by atoms with Crippen molar-refractivity contribution in [1.82, 2.24) is 4.90 Å². The van der Waals surface area contributed by atoms with Crippen LogP contribution in [-0.4, -0.2) is 16.5 Å². The van der Waals surface area contributed by atoms with E-state index in [1.54, 1.807) is 0 Å². The number of halogens is 1. The molecule has 0 fully saturated rings. The van der Waals surface area contributed by atoms with Gasteiger partial charge in [-0.3, -0.25) is 4.90 Å². The van der Waals surface area contributed by atoms with E-state index in [0.29, 0.717) is 0 Å². The molecule has 1 aromatic carbocycles. The van der Waals surface area contributed by atoms with Gasteiger partial charge in [0.1, 0.15) is 0 Å². The second-order valence-electron chi connectivity index (χ2n) is 2.62. The second kappa shape index (κ2) is 4.72. The van der Waals surface area contributed by atoms with Gasteiger partial charge in [0.2, 0.25) is 0 Å². The summed E-state index contributed by atoms with van der Waals surface area (Å²) in [7, 11) is 2.12. The Morgan fingerprint density at radius 2 is 1.91 bits per heavy atom. The van der Waals surface area contributed by atoms with Crippen molar-refractivity contribution in [1.29, 1.82) is 0 Å². The Kier molecular flexibility index (Phi) is 3.86. The number of rotatable bonds is 3. The highest BCUT2D eigenvalue weighted by Gasteiger charge is 1.95. The lowest BCUT2D eigenvalue weighted by atomic mass is 10.2. The summed E-state index contributed by atoms with van der Waals surface area (Å²) in [6, 6.07) is 10.5. The van der Waals surface area contributed by atoms with Crippen LogP contribution in [0.25, 0.3) is 0 Å². The Labute approximate surface area is 81.5 Å². The standard InChI is InChI=1S/C9H12IN/c1-11(8-10)7-9-5-3-2-4-6-9/h2-6H,7-8H2,1H3. The molecule has 0 heterocycles. The van der Waals surface area contributed by atoms with Gasteiger partial charge < -0.3 is 0 Å². The molecule has 0 aliphatic carbocycles. The molecule has 0 saturated carbocycles. The number of alkyl halides is 1. The van der Waals surface area contributed by atoms with E-state index in [-0.39, 0.29) is 0 Å². The molecule has 0 saturated heterocycles. The molecule has 0 spiro atoms. The third kappa shape index (κ3) is 3.20. The zero-order chi connectivity index (χ0) is 8.10. The minimum atomic E-state index is 1.05. The van der Waals surface area contributed by atoms with Crippen molar-refractivity contribution >= 4 is 22.6 Å². The van der Waals surface area contributed by atoms with Gasteiger partial charge in [-0.1, -0.05) is 52.9 Å². The van der Waals surface area contributed by atoms with Crippen molar-refractivity contribution in [3.05, 3.63) is 35.9 Å². The van der Waals surface area contributed by atoms with Crippen molar-refractivity contribution < 1.29 is 0 Å². The normalized spacial score (nSPS) is 10.5. The van der Waals surface area contributed by atoms with Gasteiger partial charge in [-0.25, -0.2) is 0 Å². The van der Waals surface area contributed by atoms with E-state index in [1.807, 2.05) is 6.07 Å². The van der Waals surface area contributed by atoms with Gasteiger partial charge in [-0.05, 0) is 12.6 Å². The first-order valence-corrected chi connectivity index (χ1v) is 5.14. The number of benzene rings is 1. The van der Waals surface area contributed by atoms with E-state index in [0.717, 1.165) is 11.1 Å². The van der Waals surface area contributed by atoms with Gasteiger partial charge in [0.15, 0.2) is 0 Å². The van der Waals surface area contributed by atoms with E-state index in [2.05, 4.69) is 58.8 Å². The molecule has 0 N–H and O–H groups in total. The minimum Gasteiger partial charge on any atom is -0.293 e. The van der Waals surface area contributed by atoms with Crippen LogP contribution < -0.4 is 0 Å². The van der Waals surface area contributed by atoms with Gasteiger partial charge in [-0.15, -0.1) is 0 Å². The fraction of sp³-hybridized carbons (Fsp3) is 0.333. The molecule has 0 radical (unpaired) electrons. The van der Waals surface area contributed by atoms with E-state index < -0.39 is 0 Å². The monoisotopic (exact) mass is 261 g/mol. The van der Waals surface area contributed by atoms with Crippen LogP contribution in [0, 0.1) is 0 Å². The molecular formula is C9H12IN. The Bertz CT molecular complexity index is 198. The lowest BCUT2D eigenvalue weighted by Crippen LogP contribution is -2.14. The fourth-order valence-corrected chi connectivity index (χ4v) is 1.18. The van der Waals surface area contributed by atoms with Gasteiger partial charge in [0, 0.05) is 6.54 Å². The molecule has 1 nitrogen and oxygen atoms in total. The Morgan fingerprint density at radius 3 is 2.45 bits per heavy atom. The Morgan fingerprint density at radius 1 is 1.27 bits per heavy atom. The summed E-state index contributed by atoms with van der Waals surface area (Å²) in [5.74, 6) is 0. The Hall–Kier alpha value is -0.0900. The third-order valence-electron chi connectivity index (χ3n) is 1.50. The molecule has 1 aromatic rings. The predicted molar refractivity (Wildman–Crippen MR) is 56.8 cm³/mol. The highest BCUT2D eigenvalue weighted by atomic mass is 127. The molecule has 60 valence electrons. The molecule has 0 aliphatic heterocycles. The average Bonchev–Trinajstić information content (AvgIpc) is 2.06. The van der Waals surface area contributed by atoms with Crippen LogP contribution in [0.2, 0.25) is 0 Å². The van der Waals surface area contributed by atoms with Crippen LogP contribution in [0.1, 0.15) is 5.56 Å². The number of hydrogen-bond donors (Lipinski definition) is 0. The molecule has 0 unspecified atom stereocenters. The first-order chi connectivity index (χ1) is 5.33. The summed E-state index contributed by atoms with van der Waals surface area (Å²) in [6.45, 7) is 1.05. The molecule has 0 bridgehead atoms. The summed E-state index contributed by atoms with van der Waals surface area (Å²) in [6.07, 6.45) is 0. The first kappa shape index (κ1) is 9.00. The molecule has 0 amide bonds. The summed E-state index contributed by atoms with van der Waals surface area (Å²) in [5, 5.41) is 0. The van der Waals surface area contributed by atoms with Crippen LogP contribution in [0.5, 0.6) is 0 Å². The van der Waals surface area contributed by atoms with Crippen LogP contribution in [0.15, 0.2) is 30.3 Å². The highest BCUT2D eigenvalue weighted by Crippen LogP contribution is 2.03. The van der Waals surface area contributed by atoms with Crippen LogP contribution in [0.4, 0.5) is 0 Å². The maximum absolute atomic E-state index is 2.37. The lowest BCUT2D eigenvalue weighted by molar-refractivity contribution is 0.395. The van der Waals surface area contributed by atoms with E-state index in [4.69, 9.17) is 0 Å². The predicted octanol–water partition coefficient (Wildman–Crippen LogP) is 2.51. The van der Waals surface area contributed by atoms with Gasteiger partial charge in [0.05, 0.1) is 4.55 Å². The smallest absolute Gasteiger partial charge is 0.0506 e. The second-order valence-corrected chi connectivity index (χ2v) is 3.30. The topological polar surface area (TPSA) is 3.24 Å². The summed E-state index contributed by atoms with van der Waals surface area (Å²) in [5.41, 5.74) is 1.38. The molecule has 1 rings (SSSR count). The van der Waals surface area contributed by atoms with Crippen molar-refractivity contribution in [2.75, 3.05) is 11.6 Å². The maximum Gasteiger partial charge on any atom is 0.0506 e. The van der Waals surface area contributed by atoms with Gasteiger partial charge >= 0.3 is 0 Å². The van der Waals surface area contributed by atoms with Crippen molar-refractivity contribution in [3.8, 4) is 0 Å². The number of nitrogens with zero attached hydrogens (tertiary/aromatic N) is 1. The Balaban J connectivity index is 2.51. The van der Waals surface area contributed by atoms with Gasteiger partial charge in [-0.2, -0.15) is 0 Å². The van der Waals surface area contributed by atoms with Crippen LogP contribution in [-0.2, 0) is 6.54 Å².